The first-order chi connectivity index (χ1) is 12.4. The molecular weight excluding hydrogens is 356 g/mol. The highest BCUT2D eigenvalue weighted by Gasteiger charge is 2.23. The first-order valence-electron chi connectivity index (χ1n) is 7.86. The molecule has 0 saturated heterocycles. The van der Waals surface area contributed by atoms with E-state index in [1.54, 1.807) is 6.07 Å². The minimum atomic E-state index is -3.59. The second-order valence-electron chi connectivity index (χ2n) is 5.57. The van der Waals surface area contributed by atoms with Crippen molar-refractivity contribution < 1.29 is 22.7 Å². The van der Waals surface area contributed by atoms with Crippen LogP contribution in [-0.2, 0) is 21.2 Å². The van der Waals surface area contributed by atoms with Crippen LogP contribution in [0.4, 0.5) is 5.69 Å². The number of hydrogen-bond acceptors (Lipinski definition) is 6. The number of benzene rings is 2. The smallest absolute Gasteiger partial charge is 0.239 e. The summed E-state index contributed by atoms with van der Waals surface area (Å²) in [5.74, 6) is 0.0683. The predicted molar refractivity (Wildman–Crippen MR) is 99.4 cm³/mol. The highest BCUT2D eigenvalue weighted by Crippen LogP contribution is 2.39. The Bertz CT molecular complexity index is 867. The fourth-order valence-electron chi connectivity index (χ4n) is 2.43. The third kappa shape index (κ3) is 4.89. The molecule has 0 aliphatic carbocycles. The number of carbonyl (C=O) groups excluding carboxylic acids is 1. The topological polar surface area (TPSA) is 93.7 Å². The Morgan fingerprint density at radius 2 is 1.73 bits per heavy atom. The van der Waals surface area contributed by atoms with Crippen molar-refractivity contribution in [2.75, 3.05) is 32.3 Å². The molecule has 2 aromatic rings. The van der Waals surface area contributed by atoms with Gasteiger partial charge in [0.1, 0.15) is 5.75 Å². The number of nitrogens with one attached hydrogen (secondary N) is 2. The number of hydrogen-bond donors (Lipinski definition) is 2. The van der Waals surface area contributed by atoms with Gasteiger partial charge >= 0.3 is 0 Å². The first-order valence-corrected chi connectivity index (χ1v) is 9.75. The monoisotopic (exact) mass is 378 g/mol. The van der Waals surface area contributed by atoms with Gasteiger partial charge in [0.25, 0.3) is 0 Å². The molecule has 0 atom stereocenters. The van der Waals surface area contributed by atoms with Crippen LogP contribution in [-0.4, -0.2) is 41.3 Å². The lowest BCUT2D eigenvalue weighted by Gasteiger charge is -2.16. The summed E-state index contributed by atoms with van der Waals surface area (Å²) in [6.45, 7) is 0.383. The van der Waals surface area contributed by atoms with E-state index in [0.717, 1.165) is 11.8 Å². The van der Waals surface area contributed by atoms with E-state index in [1.165, 1.54) is 20.3 Å². The van der Waals surface area contributed by atoms with Crippen LogP contribution >= 0.6 is 0 Å². The zero-order chi connectivity index (χ0) is 19.2. The molecule has 2 aromatic carbocycles. The molecule has 0 fully saturated rings. The van der Waals surface area contributed by atoms with Gasteiger partial charge in [-0.1, -0.05) is 30.3 Å². The lowest BCUT2D eigenvalue weighted by atomic mass is 10.2. The van der Waals surface area contributed by atoms with E-state index in [0.29, 0.717) is 12.2 Å². The van der Waals surface area contributed by atoms with Crippen LogP contribution in [0.5, 0.6) is 11.5 Å². The molecule has 0 unspecified atom stereocenters. The zero-order valence-electron chi connectivity index (χ0n) is 14.9. The van der Waals surface area contributed by atoms with Gasteiger partial charge in [-0.15, -0.1) is 0 Å². The van der Waals surface area contributed by atoms with Crippen molar-refractivity contribution in [2.45, 2.75) is 11.4 Å². The Balaban J connectivity index is 2.10. The zero-order valence-corrected chi connectivity index (χ0v) is 15.7. The van der Waals surface area contributed by atoms with E-state index in [9.17, 15) is 13.2 Å². The Kier molecular flexibility index (Phi) is 6.46. The number of amides is 1. The minimum Gasteiger partial charge on any atom is -0.495 e. The highest BCUT2D eigenvalue weighted by atomic mass is 32.2. The molecule has 0 saturated carbocycles. The van der Waals surface area contributed by atoms with Crippen molar-refractivity contribution in [2.24, 2.45) is 0 Å². The number of anilines is 1. The van der Waals surface area contributed by atoms with E-state index in [1.807, 2.05) is 30.3 Å². The molecular formula is C18H22N2O5S. The molecule has 0 aliphatic heterocycles. The molecule has 2 N–H and O–H groups in total. The van der Waals surface area contributed by atoms with Crippen LogP contribution in [0.15, 0.2) is 47.4 Å². The average molecular weight is 378 g/mol. The molecule has 7 nitrogen and oxygen atoms in total. The second kappa shape index (κ2) is 8.57. The fourth-order valence-corrected chi connectivity index (χ4v) is 3.48. The average Bonchev–Trinajstić information content (AvgIpc) is 2.63. The van der Waals surface area contributed by atoms with Gasteiger partial charge in [0.05, 0.1) is 26.5 Å². The SMILES string of the molecule is COc1ccc(NCC(=O)NCc2ccccc2)c(OC)c1S(C)(=O)=O. The molecule has 0 radical (unpaired) electrons. The molecule has 0 aliphatic rings. The highest BCUT2D eigenvalue weighted by molar-refractivity contribution is 7.91. The van der Waals surface area contributed by atoms with Crippen molar-refractivity contribution in [1.82, 2.24) is 5.32 Å². The van der Waals surface area contributed by atoms with Crippen LogP contribution in [0.3, 0.4) is 0 Å². The van der Waals surface area contributed by atoms with Gasteiger partial charge < -0.3 is 20.1 Å². The molecule has 0 spiro atoms. The number of sulfone groups is 1. The van der Waals surface area contributed by atoms with Crippen LogP contribution < -0.4 is 20.1 Å². The number of carbonyl (C=O) groups is 1. The summed E-state index contributed by atoms with van der Waals surface area (Å²) in [7, 11) is -0.838. The first kappa shape index (κ1) is 19.6. The Morgan fingerprint density at radius 3 is 2.31 bits per heavy atom. The third-order valence-corrected chi connectivity index (χ3v) is 4.77. The molecule has 26 heavy (non-hydrogen) atoms. The van der Waals surface area contributed by atoms with E-state index < -0.39 is 9.84 Å². The maximum absolute atomic E-state index is 12.1. The van der Waals surface area contributed by atoms with Gasteiger partial charge in [-0.25, -0.2) is 8.42 Å². The van der Waals surface area contributed by atoms with Crippen molar-refractivity contribution in [1.29, 1.82) is 0 Å². The quantitative estimate of drug-likeness (QED) is 0.728. The number of methoxy groups -OCH3 is 2. The van der Waals surface area contributed by atoms with Crippen LogP contribution in [0.2, 0.25) is 0 Å². The van der Waals surface area contributed by atoms with Crippen LogP contribution in [0, 0.1) is 0 Å². The summed E-state index contributed by atoms with van der Waals surface area (Å²) in [6, 6.07) is 12.7. The molecule has 1 amide bonds. The van der Waals surface area contributed by atoms with E-state index in [-0.39, 0.29) is 28.8 Å². The standard InChI is InChI=1S/C18H22N2O5S/c1-24-15-10-9-14(17(25-2)18(15)26(3,22)23)19-12-16(21)20-11-13-7-5-4-6-8-13/h4-10,19H,11-12H2,1-3H3,(H,20,21). The molecule has 0 aromatic heterocycles. The van der Waals surface area contributed by atoms with E-state index in [4.69, 9.17) is 9.47 Å². The summed E-state index contributed by atoms with van der Waals surface area (Å²) in [5.41, 5.74) is 1.38. The molecule has 0 heterocycles. The van der Waals surface area contributed by atoms with Crippen LogP contribution in [0.1, 0.15) is 5.56 Å². The number of ether oxygens (including phenoxy) is 2. The largest absolute Gasteiger partial charge is 0.495 e. The summed E-state index contributed by atoms with van der Waals surface area (Å²) in [4.78, 5) is 12.0. The Morgan fingerprint density at radius 1 is 1.04 bits per heavy atom. The van der Waals surface area contributed by atoms with Crippen molar-refractivity contribution >= 4 is 21.4 Å². The minimum absolute atomic E-state index is 0.0290. The van der Waals surface area contributed by atoms with Crippen LogP contribution in [0.25, 0.3) is 0 Å². The lowest BCUT2D eigenvalue weighted by molar-refractivity contribution is -0.119. The van der Waals surface area contributed by atoms with Crippen molar-refractivity contribution in [3.8, 4) is 11.5 Å². The molecule has 2 rings (SSSR count). The van der Waals surface area contributed by atoms with E-state index >= 15 is 0 Å². The van der Waals surface area contributed by atoms with Gasteiger partial charge in [-0.2, -0.15) is 0 Å². The number of rotatable bonds is 8. The van der Waals surface area contributed by atoms with Gasteiger partial charge in [0, 0.05) is 12.8 Å². The Hall–Kier alpha value is -2.74. The van der Waals surface area contributed by atoms with Gasteiger partial charge in [-0.3, -0.25) is 4.79 Å². The summed E-state index contributed by atoms with van der Waals surface area (Å²) in [5, 5.41) is 5.70. The second-order valence-corrected chi connectivity index (χ2v) is 7.52. The predicted octanol–water partition coefficient (Wildman–Crippen LogP) is 1.84. The summed E-state index contributed by atoms with van der Waals surface area (Å²) in [6.07, 6.45) is 1.07. The molecule has 8 heteroatoms. The summed E-state index contributed by atoms with van der Waals surface area (Å²) < 4.78 is 34.5. The van der Waals surface area contributed by atoms with Crippen molar-refractivity contribution in [3.05, 3.63) is 48.0 Å². The van der Waals surface area contributed by atoms with E-state index in [2.05, 4.69) is 10.6 Å². The normalized spacial score (nSPS) is 10.9. The molecule has 0 bridgehead atoms. The third-order valence-electron chi connectivity index (χ3n) is 3.64. The van der Waals surface area contributed by atoms with Gasteiger partial charge in [0.2, 0.25) is 5.91 Å². The Labute approximate surface area is 153 Å². The maximum Gasteiger partial charge on any atom is 0.239 e. The lowest BCUT2D eigenvalue weighted by Crippen LogP contribution is -2.29. The molecule has 140 valence electrons. The summed E-state index contributed by atoms with van der Waals surface area (Å²) >= 11 is 0. The fraction of sp³-hybridized carbons (Fsp3) is 0.278. The maximum atomic E-state index is 12.1. The van der Waals surface area contributed by atoms with Crippen molar-refractivity contribution in [3.63, 3.8) is 0 Å². The van der Waals surface area contributed by atoms with Gasteiger partial charge in [-0.05, 0) is 17.7 Å². The van der Waals surface area contributed by atoms with Gasteiger partial charge in [0.15, 0.2) is 20.5 Å².